The number of rotatable bonds is 4. The van der Waals surface area contributed by atoms with E-state index in [4.69, 9.17) is 4.74 Å². The molecule has 100 valence electrons. The van der Waals surface area contributed by atoms with Crippen LogP contribution >= 0.6 is 38.5 Å². The van der Waals surface area contributed by atoms with Gasteiger partial charge in [-0.05, 0) is 59.3 Å². The lowest BCUT2D eigenvalue weighted by molar-refractivity contribution is 0.190. The molecule has 2 rings (SSSR count). The zero-order chi connectivity index (χ0) is 13.8. The van der Waals surface area contributed by atoms with Crippen LogP contribution in [0.5, 0.6) is 5.75 Å². The Morgan fingerprint density at radius 2 is 1.89 bits per heavy atom. The third kappa shape index (κ3) is 4.19. The molecule has 0 aromatic heterocycles. The quantitative estimate of drug-likeness (QED) is 0.710. The van der Waals surface area contributed by atoms with Crippen LogP contribution in [0.25, 0.3) is 0 Å². The number of aliphatic hydroxyl groups is 1. The Hall–Kier alpha value is -0.590. The molecule has 2 aromatic rings. The maximum Gasteiger partial charge on any atom is 0.126 e. The smallest absolute Gasteiger partial charge is 0.126 e. The lowest BCUT2D eigenvalue weighted by Gasteiger charge is -2.14. The summed E-state index contributed by atoms with van der Waals surface area (Å²) in [6, 6.07) is 13.8. The highest BCUT2D eigenvalue weighted by molar-refractivity contribution is 14.1. The van der Waals surface area contributed by atoms with Gasteiger partial charge in [0.2, 0.25) is 0 Å². The van der Waals surface area contributed by atoms with E-state index in [9.17, 15) is 5.11 Å². The normalized spacial score (nSPS) is 12.2. The molecule has 1 atom stereocenters. The van der Waals surface area contributed by atoms with Gasteiger partial charge in [0, 0.05) is 13.6 Å². The van der Waals surface area contributed by atoms with Crippen molar-refractivity contribution in [3.8, 4) is 5.75 Å². The predicted molar refractivity (Wildman–Crippen MR) is 88.3 cm³/mol. The molecule has 0 radical (unpaired) electrons. The summed E-state index contributed by atoms with van der Waals surface area (Å²) >= 11 is 5.69. The summed E-state index contributed by atoms with van der Waals surface area (Å²) in [5.74, 6) is 0.711. The fourth-order valence-electron chi connectivity index (χ4n) is 1.72. The molecule has 0 amide bonds. The fraction of sp³-hybridized carbons (Fsp3) is 0.200. The van der Waals surface area contributed by atoms with E-state index in [0.717, 1.165) is 15.6 Å². The van der Waals surface area contributed by atoms with E-state index < -0.39 is 6.10 Å². The van der Waals surface area contributed by atoms with Crippen LogP contribution in [0.15, 0.2) is 46.9 Å². The van der Waals surface area contributed by atoms with Crippen LogP contribution in [0.3, 0.4) is 0 Å². The minimum atomic E-state index is -0.542. The number of benzene rings is 2. The molecule has 0 heterocycles. The first-order valence-electron chi connectivity index (χ1n) is 5.91. The van der Waals surface area contributed by atoms with E-state index in [0.29, 0.717) is 12.4 Å². The minimum Gasteiger partial charge on any atom is -0.488 e. The number of halogens is 2. The lowest BCUT2D eigenvalue weighted by Crippen LogP contribution is -2.01. The first-order valence-corrected chi connectivity index (χ1v) is 7.78. The molecule has 19 heavy (non-hydrogen) atoms. The van der Waals surface area contributed by atoms with E-state index >= 15 is 0 Å². The van der Waals surface area contributed by atoms with Crippen LogP contribution < -0.4 is 4.74 Å². The van der Waals surface area contributed by atoms with Crippen LogP contribution in [-0.2, 0) is 6.61 Å². The van der Waals surface area contributed by atoms with Gasteiger partial charge in [0.25, 0.3) is 0 Å². The van der Waals surface area contributed by atoms with Crippen molar-refractivity contribution in [3.63, 3.8) is 0 Å². The predicted octanol–water partition coefficient (Wildman–Crippen LogP) is 4.69. The van der Waals surface area contributed by atoms with Gasteiger partial charge < -0.3 is 9.84 Å². The van der Waals surface area contributed by atoms with Gasteiger partial charge in [-0.25, -0.2) is 0 Å². The molecule has 0 spiro atoms. The van der Waals surface area contributed by atoms with E-state index in [1.54, 1.807) is 6.92 Å². The average molecular weight is 433 g/mol. The molecule has 0 aliphatic carbocycles. The third-order valence-corrected chi connectivity index (χ3v) is 3.95. The second-order valence-corrected chi connectivity index (χ2v) is 6.43. The van der Waals surface area contributed by atoms with Crippen molar-refractivity contribution < 1.29 is 9.84 Å². The minimum absolute atomic E-state index is 0.493. The molecule has 0 bridgehead atoms. The van der Waals surface area contributed by atoms with Gasteiger partial charge in [-0.2, -0.15) is 0 Å². The largest absolute Gasteiger partial charge is 0.488 e. The molecular weight excluding hydrogens is 419 g/mol. The highest BCUT2D eigenvalue weighted by atomic mass is 127. The Kier molecular flexibility index (Phi) is 5.24. The van der Waals surface area contributed by atoms with Crippen molar-refractivity contribution in [2.24, 2.45) is 0 Å². The average Bonchev–Trinajstić information content (AvgIpc) is 2.38. The van der Waals surface area contributed by atoms with E-state index in [2.05, 4.69) is 50.7 Å². The third-order valence-electron chi connectivity index (χ3n) is 2.73. The van der Waals surface area contributed by atoms with Gasteiger partial charge in [0.05, 0.1) is 6.10 Å². The molecule has 0 unspecified atom stereocenters. The zero-order valence-electron chi connectivity index (χ0n) is 10.4. The Morgan fingerprint density at radius 3 is 2.53 bits per heavy atom. The summed E-state index contributed by atoms with van der Waals surface area (Å²) in [4.78, 5) is 0. The molecule has 1 N–H and O–H groups in total. The van der Waals surface area contributed by atoms with Crippen LogP contribution in [0.4, 0.5) is 0 Å². The Bertz CT molecular complexity index is 553. The number of hydrogen-bond donors (Lipinski definition) is 1. The van der Waals surface area contributed by atoms with Crippen LogP contribution in [-0.4, -0.2) is 5.11 Å². The van der Waals surface area contributed by atoms with Gasteiger partial charge in [0.1, 0.15) is 12.4 Å². The van der Waals surface area contributed by atoms with Crippen LogP contribution in [0, 0.1) is 3.57 Å². The standard InChI is InChI=1S/C15H14BrIO2/c1-10(18)14-7-4-12(16)8-15(14)19-9-11-2-5-13(17)6-3-11/h2-8,10,18H,9H2,1H3/t10-/m0/s1. The fourth-order valence-corrected chi connectivity index (χ4v) is 2.42. The van der Waals surface area contributed by atoms with E-state index in [-0.39, 0.29) is 0 Å². The van der Waals surface area contributed by atoms with Crippen molar-refractivity contribution >= 4 is 38.5 Å². The van der Waals surface area contributed by atoms with Gasteiger partial charge in [-0.3, -0.25) is 0 Å². The van der Waals surface area contributed by atoms with E-state index in [1.165, 1.54) is 3.57 Å². The molecule has 2 nitrogen and oxygen atoms in total. The van der Waals surface area contributed by atoms with Crippen molar-refractivity contribution in [3.05, 3.63) is 61.6 Å². The van der Waals surface area contributed by atoms with Crippen molar-refractivity contribution in [1.82, 2.24) is 0 Å². The number of hydrogen-bond acceptors (Lipinski definition) is 2. The van der Waals surface area contributed by atoms with Crippen molar-refractivity contribution in [2.45, 2.75) is 19.6 Å². The Labute approximate surface area is 135 Å². The molecule has 0 fully saturated rings. The van der Waals surface area contributed by atoms with Gasteiger partial charge in [0.15, 0.2) is 0 Å². The molecule has 0 saturated heterocycles. The second-order valence-electron chi connectivity index (χ2n) is 4.27. The molecular formula is C15H14BrIO2. The summed E-state index contributed by atoms with van der Waals surface area (Å²) in [5, 5.41) is 9.73. The Balaban J connectivity index is 2.14. The summed E-state index contributed by atoms with van der Waals surface area (Å²) in [6.45, 7) is 2.23. The highest BCUT2D eigenvalue weighted by Crippen LogP contribution is 2.29. The monoisotopic (exact) mass is 432 g/mol. The van der Waals surface area contributed by atoms with Crippen molar-refractivity contribution in [2.75, 3.05) is 0 Å². The molecule has 0 aliphatic heterocycles. The SMILES string of the molecule is C[C@H](O)c1ccc(Br)cc1OCc1ccc(I)cc1. The zero-order valence-corrected chi connectivity index (χ0v) is 14.2. The van der Waals surface area contributed by atoms with E-state index in [1.807, 2.05) is 30.3 Å². The molecule has 2 aromatic carbocycles. The first-order chi connectivity index (χ1) is 9.06. The van der Waals surface area contributed by atoms with Crippen LogP contribution in [0.1, 0.15) is 24.2 Å². The van der Waals surface area contributed by atoms with Gasteiger partial charge in [-0.15, -0.1) is 0 Å². The summed E-state index contributed by atoms with van der Waals surface area (Å²) in [7, 11) is 0. The van der Waals surface area contributed by atoms with Gasteiger partial charge >= 0.3 is 0 Å². The maximum absolute atomic E-state index is 9.73. The number of ether oxygens (including phenoxy) is 1. The molecule has 0 aliphatic rings. The molecule has 4 heteroatoms. The Morgan fingerprint density at radius 1 is 1.21 bits per heavy atom. The summed E-state index contributed by atoms with van der Waals surface area (Å²) in [5.41, 5.74) is 1.91. The first kappa shape index (κ1) is 14.8. The maximum atomic E-state index is 9.73. The summed E-state index contributed by atoms with van der Waals surface area (Å²) in [6.07, 6.45) is -0.542. The second kappa shape index (κ2) is 6.72. The van der Waals surface area contributed by atoms with Crippen molar-refractivity contribution in [1.29, 1.82) is 0 Å². The summed E-state index contributed by atoms with van der Waals surface area (Å²) < 4.78 is 7.95. The van der Waals surface area contributed by atoms with Crippen LogP contribution in [0.2, 0.25) is 0 Å². The van der Waals surface area contributed by atoms with Gasteiger partial charge in [-0.1, -0.05) is 34.1 Å². The number of aliphatic hydroxyl groups excluding tert-OH is 1. The topological polar surface area (TPSA) is 29.5 Å². The lowest BCUT2D eigenvalue weighted by atomic mass is 10.1. The highest BCUT2D eigenvalue weighted by Gasteiger charge is 2.09. The molecule has 0 saturated carbocycles.